The van der Waals surface area contributed by atoms with Crippen molar-refractivity contribution < 1.29 is 10.9 Å². The molecule has 3 aromatic rings. The van der Waals surface area contributed by atoms with Crippen LogP contribution in [0.25, 0.3) is 0 Å². The zero-order valence-corrected chi connectivity index (χ0v) is 12.0. The predicted molar refractivity (Wildman–Crippen MR) is 87.1 cm³/mol. The summed E-state index contributed by atoms with van der Waals surface area (Å²) < 4.78 is 13.7. The van der Waals surface area contributed by atoms with Crippen molar-refractivity contribution >= 4 is 5.78 Å². The molecule has 2 nitrogen and oxygen atoms in total. The van der Waals surface area contributed by atoms with Gasteiger partial charge in [-0.2, -0.15) is 0 Å². The fourth-order valence-electron chi connectivity index (χ4n) is 2.13. The average molecular weight is 289 g/mol. The highest BCUT2D eigenvalue weighted by Gasteiger charge is 2.08. The van der Waals surface area contributed by atoms with Gasteiger partial charge in [0.1, 0.15) is 12.4 Å². The molecule has 0 aliphatic rings. The molecule has 0 heterocycles. The number of carbonyl (C=O) groups is 1. The summed E-state index contributed by atoms with van der Waals surface area (Å²) >= 11 is 0. The van der Waals surface area contributed by atoms with E-state index in [1.165, 1.54) is 0 Å². The molecule has 0 amide bonds. The molecule has 0 aromatic heterocycles. The van der Waals surface area contributed by atoms with Gasteiger partial charge in [0.15, 0.2) is 5.78 Å². The van der Waals surface area contributed by atoms with Gasteiger partial charge in [0, 0.05) is 11.1 Å². The summed E-state index contributed by atoms with van der Waals surface area (Å²) in [6, 6.07) is 24.0. The first-order chi connectivity index (χ1) is 11.2. The van der Waals surface area contributed by atoms with E-state index < -0.39 is 0 Å². The molecule has 0 spiro atoms. The van der Waals surface area contributed by atoms with Crippen molar-refractivity contribution in [3.05, 3.63) is 102 Å². The molecule has 108 valence electrons. The Balaban J connectivity index is 1.74. The lowest BCUT2D eigenvalue weighted by atomic mass is 10.0. The summed E-state index contributed by atoms with van der Waals surface area (Å²) in [6.07, 6.45) is 0. The van der Waals surface area contributed by atoms with Gasteiger partial charge in [-0.15, -0.1) is 0 Å². The van der Waals surface area contributed by atoms with E-state index in [1.54, 1.807) is 30.3 Å². The van der Waals surface area contributed by atoms with Crippen molar-refractivity contribution in [1.82, 2.24) is 0 Å². The number of hydrogen-bond donors (Lipinski definition) is 0. The van der Waals surface area contributed by atoms with Gasteiger partial charge in [0.25, 0.3) is 0 Å². The number of rotatable bonds is 5. The van der Waals surface area contributed by atoms with Crippen LogP contribution in [0.2, 0.25) is 0 Å². The lowest BCUT2D eigenvalue weighted by molar-refractivity contribution is 0.103. The first kappa shape index (κ1) is 12.8. The van der Waals surface area contributed by atoms with E-state index in [2.05, 4.69) is 0 Å². The highest BCUT2D eigenvalue weighted by atomic mass is 16.5. The van der Waals surface area contributed by atoms with Gasteiger partial charge in [-0.25, -0.2) is 0 Å². The molecule has 0 unspecified atom stereocenters. The lowest BCUT2D eigenvalue weighted by Crippen LogP contribution is -2.01. The van der Waals surface area contributed by atoms with Crippen LogP contribution >= 0.6 is 0 Å². The van der Waals surface area contributed by atoms with E-state index in [-0.39, 0.29) is 11.8 Å². The zero-order valence-electron chi connectivity index (χ0n) is 13.0. The van der Waals surface area contributed by atoms with Gasteiger partial charge in [-0.05, 0) is 29.8 Å². The maximum absolute atomic E-state index is 12.4. The third-order valence-corrected chi connectivity index (χ3v) is 3.32. The molecule has 0 saturated heterocycles. The Bertz CT molecular complexity index is 798. The Labute approximate surface area is 131 Å². The molecular weight excluding hydrogens is 272 g/mol. The van der Waals surface area contributed by atoms with E-state index in [0.29, 0.717) is 23.5 Å². The first-order valence-corrected chi connectivity index (χ1v) is 7.11. The molecule has 0 saturated carbocycles. The van der Waals surface area contributed by atoms with Crippen LogP contribution in [0.1, 0.15) is 22.9 Å². The number of carbonyl (C=O) groups excluding carboxylic acids is 1. The van der Waals surface area contributed by atoms with Crippen molar-refractivity contribution in [1.29, 1.82) is 0 Å². The minimum absolute atomic E-state index is 0.0892. The lowest BCUT2D eigenvalue weighted by Gasteiger charge is -2.07. The maximum atomic E-state index is 12.4. The molecule has 0 radical (unpaired) electrons. The Morgan fingerprint density at radius 3 is 2.14 bits per heavy atom. The summed E-state index contributed by atoms with van der Waals surface area (Å²) in [5.74, 6) is 0.382. The summed E-state index contributed by atoms with van der Waals surface area (Å²) in [4.78, 5) is 12.4. The zero-order chi connectivity index (χ0) is 16.1. The van der Waals surface area contributed by atoms with Gasteiger partial charge in [0.2, 0.25) is 0 Å². The molecule has 2 heteroatoms. The molecule has 22 heavy (non-hydrogen) atoms. The van der Waals surface area contributed by atoms with Crippen LogP contribution in [0.5, 0.6) is 5.75 Å². The van der Waals surface area contributed by atoms with Gasteiger partial charge in [-0.3, -0.25) is 4.79 Å². The van der Waals surface area contributed by atoms with Crippen LogP contribution in [0, 0.1) is 0 Å². The second-order valence-electron chi connectivity index (χ2n) is 4.91. The van der Waals surface area contributed by atoms with Crippen LogP contribution in [0.3, 0.4) is 0 Å². The predicted octanol–water partition coefficient (Wildman–Crippen LogP) is 4.50. The van der Waals surface area contributed by atoms with Crippen molar-refractivity contribution in [3.63, 3.8) is 0 Å². The number of benzene rings is 3. The maximum Gasteiger partial charge on any atom is 0.193 e. The van der Waals surface area contributed by atoms with E-state index in [4.69, 9.17) is 6.11 Å². The van der Waals surface area contributed by atoms with Gasteiger partial charge < -0.3 is 4.74 Å². The summed E-state index contributed by atoms with van der Waals surface area (Å²) in [7, 11) is 0. The number of hydrogen-bond acceptors (Lipinski definition) is 2. The molecule has 0 fully saturated rings. The average Bonchev–Trinajstić information content (AvgIpc) is 2.61. The SMILES string of the molecule is [2H]c1cc(C(=O)c2ccccc2)ccc1OCc1ccccc1. The highest BCUT2D eigenvalue weighted by Crippen LogP contribution is 2.16. The summed E-state index contributed by atoms with van der Waals surface area (Å²) in [5.41, 5.74) is 2.15. The van der Waals surface area contributed by atoms with Gasteiger partial charge in [-0.1, -0.05) is 60.7 Å². The Morgan fingerprint density at radius 2 is 1.45 bits per heavy atom. The monoisotopic (exact) mass is 289 g/mol. The van der Waals surface area contributed by atoms with Crippen molar-refractivity contribution in [2.75, 3.05) is 0 Å². The second-order valence-corrected chi connectivity index (χ2v) is 4.91. The topological polar surface area (TPSA) is 26.3 Å². The van der Waals surface area contributed by atoms with Gasteiger partial charge in [0.05, 0.1) is 1.37 Å². The highest BCUT2D eigenvalue weighted by molar-refractivity contribution is 6.08. The molecule has 0 aliphatic carbocycles. The van der Waals surface area contributed by atoms with E-state index in [0.717, 1.165) is 5.56 Å². The molecule has 0 aliphatic heterocycles. The molecule has 3 rings (SSSR count). The quantitative estimate of drug-likeness (QED) is 0.647. The third kappa shape index (κ3) is 3.41. The molecular formula is C20H16O2. The first-order valence-electron chi connectivity index (χ1n) is 7.61. The summed E-state index contributed by atoms with van der Waals surface area (Å²) in [6.45, 7) is 0.401. The van der Waals surface area contributed by atoms with Crippen molar-refractivity contribution in [2.24, 2.45) is 0 Å². The van der Waals surface area contributed by atoms with Crippen LogP contribution in [-0.2, 0) is 6.61 Å². The fraction of sp³-hybridized carbons (Fsp3) is 0.0500. The molecule has 3 aromatic carbocycles. The van der Waals surface area contributed by atoms with Crippen LogP contribution in [0.15, 0.2) is 84.9 Å². The fourth-order valence-corrected chi connectivity index (χ4v) is 2.13. The molecule has 0 N–H and O–H groups in total. The second kappa shape index (κ2) is 6.72. The Morgan fingerprint density at radius 1 is 0.818 bits per heavy atom. The Kier molecular flexibility index (Phi) is 3.92. The van der Waals surface area contributed by atoms with Crippen LogP contribution in [0.4, 0.5) is 0 Å². The normalized spacial score (nSPS) is 10.8. The standard InChI is InChI=1S/C20H16O2/c21-20(17-9-5-2-6-10-17)18-11-13-19(14-12-18)22-15-16-7-3-1-4-8-16/h1-14H,15H2/i13D. The number of ketones is 1. The Hall–Kier alpha value is -2.87. The van der Waals surface area contributed by atoms with E-state index >= 15 is 0 Å². The smallest absolute Gasteiger partial charge is 0.193 e. The molecule has 0 bridgehead atoms. The third-order valence-electron chi connectivity index (χ3n) is 3.32. The molecule has 0 atom stereocenters. The minimum atomic E-state index is -0.0892. The van der Waals surface area contributed by atoms with Crippen molar-refractivity contribution in [3.8, 4) is 5.75 Å². The number of ether oxygens (including phenoxy) is 1. The van der Waals surface area contributed by atoms with E-state index in [1.807, 2.05) is 48.5 Å². The van der Waals surface area contributed by atoms with Crippen LogP contribution < -0.4 is 4.74 Å². The van der Waals surface area contributed by atoms with Crippen LogP contribution in [-0.4, -0.2) is 5.78 Å². The van der Waals surface area contributed by atoms with Crippen molar-refractivity contribution in [2.45, 2.75) is 6.61 Å². The van der Waals surface area contributed by atoms with Gasteiger partial charge >= 0.3 is 0 Å². The minimum Gasteiger partial charge on any atom is -0.489 e. The largest absolute Gasteiger partial charge is 0.489 e. The summed E-state index contributed by atoms with van der Waals surface area (Å²) in [5, 5.41) is 0. The van der Waals surface area contributed by atoms with E-state index in [9.17, 15) is 4.79 Å².